The molecule has 1 aliphatic heterocycles. The van der Waals surface area contributed by atoms with Gasteiger partial charge in [-0.3, -0.25) is 9.48 Å². The molecule has 2 aromatic rings. The molecular formula is C15H16N6O. The van der Waals surface area contributed by atoms with Gasteiger partial charge in [0.05, 0.1) is 23.8 Å². The van der Waals surface area contributed by atoms with Crippen LogP contribution in [0.4, 0.5) is 5.82 Å². The van der Waals surface area contributed by atoms with Crippen molar-refractivity contribution in [3.63, 3.8) is 0 Å². The standard InChI is InChI=1S/C15H16N6O/c1-21-9-11(8-18-21)14-12(4-5-13(22)20-14)19-15-10(7-16)3-2-6-17-15/h2-3,6,8-9,12,14H,4-5H2,1H3,(H,17,19)(H,20,22)/t12-,14+/m1/s1. The van der Waals surface area contributed by atoms with E-state index in [1.165, 1.54) is 0 Å². The lowest BCUT2D eigenvalue weighted by Crippen LogP contribution is -2.45. The lowest BCUT2D eigenvalue weighted by molar-refractivity contribution is -0.123. The van der Waals surface area contributed by atoms with Gasteiger partial charge in [-0.25, -0.2) is 4.98 Å². The molecule has 0 saturated carbocycles. The number of carbonyl (C=O) groups is 1. The number of hydrogen-bond acceptors (Lipinski definition) is 5. The van der Waals surface area contributed by atoms with Gasteiger partial charge in [-0.2, -0.15) is 10.4 Å². The van der Waals surface area contributed by atoms with Gasteiger partial charge in [-0.05, 0) is 18.6 Å². The minimum absolute atomic E-state index is 0.0217. The number of carbonyl (C=O) groups excluding carboxylic acids is 1. The second-order valence-electron chi connectivity index (χ2n) is 5.29. The van der Waals surface area contributed by atoms with Gasteiger partial charge in [0.15, 0.2) is 0 Å². The Kier molecular flexibility index (Phi) is 3.74. The molecule has 22 heavy (non-hydrogen) atoms. The van der Waals surface area contributed by atoms with Gasteiger partial charge in [0.2, 0.25) is 5.91 Å². The number of nitriles is 1. The number of amides is 1. The number of nitrogens with zero attached hydrogens (tertiary/aromatic N) is 4. The van der Waals surface area contributed by atoms with Gasteiger partial charge in [0, 0.05) is 31.4 Å². The van der Waals surface area contributed by atoms with Crippen LogP contribution in [0.25, 0.3) is 0 Å². The Balaban J connectivity index is 1.87. The summed E-state index contributed by atoms with van der Waals surface area (Å²) >= 11 is 0. The number of aromatic nitrogens is 3. The number of nitrogens with one attached hydrogen (secondary N) is 2. The molecule has 0 bridgehead atoms. The molecule has 2 atom stereocenters. The largest absolute Gasteiger partial charge is 0.364 e. The second kappa shape index (κ2) is 5.85. The summed E-state index contributed by atoms with van der Waals surface area (Å²) in [6, 6.07) is 5.34. The van der Waals surface area contributed by atoms with E-state index in [2.05, 4.69) is 26.8 Å². The molecule has 7 nitrogen and oxygen atoms in total. The van der Waals surface area contributed by atoms with Crippen molar-refractivity contribution in [2.45, 2.75) is 24.9 Å². The Morgan fingerprint density at radius 3 is 3.14 bits per heavy atom. The smallest absolute Gasteiger partial charge is 0.220 e. The van der Waals surface area contributed by atoms with Crippen molar-refractivity contribution in [2.24, 2.45) is 7.05 Å². The van der Waals surface area contributed by atoms with Crippen molar-refractivity contribution >= 4 is 11.7 Å². The van der Waals surface area contributed by atoms with E-state index in [9.17, 15) is 4.79 Å². The topological polar surface area (TPSA) is 95.6 Å². The molecule has 1 saturated heterocycles. The molecule has 0 unspecified atom stereocenters. The maximum Gasteiger partial charge on any atom is 0.220 e. The van der Waals surface area contributed by atoms with E-state index in [4.69, 9.17) is 5.26 Å². The fourth-order valence-electron chi connectivity index (χ4n) is 2.66. The first kappa shape index (κ1) is 14.1. The van der Waals surface area contributed by atoms with Gasteiger partial charge in [-0.1, -0.05) is 0 Å². The number of hydrogen-bond donors (Lipinski definition) is 2. The second-order valence-corrected chi connectivity index (χ2v) is 5.29. The van der Waals surface area contributed by atoms with Crippen LogP contribution < -0.4 is 10.6 Å². The molecule has 7 heteroatoms. The maximum atomic E-state index is 11.7. The summed E-state index contributed by atoms with van der Waals surface area (Å²) in [5, 5.41) is 19.6. The summed E-state index contributed by atoms with van der Waals surface area (Å²) in [6.07, 6.45) is 6.39. The molecule has 0 aromatic carbocycles. The van der Waals surface area contributed by atoms with Crippen molar-refractivity contribution in [2.75, 3.05) is 5.32 Å². The first-order chi connectivity index (χ1) is 10.7. The van der Waals surface area contributed by atoms with Gasteiger partial charge in [-0.15, -0.1) is 0 Å². The molecule has 0 spiro atoms. The zero-order valence-electron chi connectivity index (χ0n) is 12.2. The third kappa shape index (κ3) is 2.76. The zero-order chi connectivity index (χ0) is 15.5. The van der Waals surface area contributed by atoms with Crippen LogP contribution in [0.3, 0.4) is 0 Å². The normalized spacial score (nSPS) is 21.0. The first-order valence-electron chi connectivity index (χ1n) is 7.07. The van der Waals surface area contributed by atoms with Crippen LogP contribution >= 0.6 is 0 Å². The van der Waals surface area contributed by atoms with E-state index in [0.717, 1.165) is 5.56 Å². The van der Waals surface area contributed by atoms with Crippen LogP contribution in [-0.2, 0) is 11.8 Å². The minimum atomic E-state index is -0.191. The highest BCUT2D eigenvalue weighted by molar-refractivity contribution is 5.78. The maximum absolute atomic E-state index is 11.7. The molecule has 3 rings (SSSR count). The van der Waals surface area contributed by atoms with Crippen molar-refractivity contribution in [3.8, 4) is 6.07 Å². The molecule has 112 valence electrons. The molecular weight excluding hydrogens is 280 g/mol. The summed E-state index contributed by atoms with van der Waals surface area (Å²) in [5.41, 5.74) is 1.42. The third-order valence-corrected chi connectivity index (χ3v) is 3.74. The SMILES string of the molecule is Cn1cc([C@@H]2NC(=O)CC[C@H]2Nc2ncccc2C#N)cn1. The number of aryl methyl sites for hydroxylation is 1. The van der Waals surface area contributed by atoms with E-state index in [-0.39, 0.29) is 18.0 Å². The van der Waals surface area contributed by atoms with Crippen molar-refractivity contribution < 1.29 is 4.79 Å². The van der Waals surface area contributed by atoms with E-state index >= 15 is 0 Å². The quantitative estimate of drug-likeness (QED) is 0.885. The third-order valence-electron chi connectivity index (χ3n) is 3.74. The molecule has 1 fully saturated rings. The average Bonchev–Trinajstić information content (AvgIpc) is 2.96. The lowest BCUT2D eigenvalue weighted by atomic mass is 9.93. The highest BCUT2D eigenvalue weighted by atomic mass is 16.1. The van der Waals surface area contributed by atoms with Crippen molar-refractivity contribution in [3.05, 3.63) is 41.9 Å². The lowest BCUT2D eigenvalue weighted by Gasteiger charge is -2.32. The molecule has 1 aliphatic rings. The van der Waals surface area contributed by atoms with Crippen molar-refractivity contribution in [1.82, 2.24) is 20.1 Å². The van der Waals surface area contributed by atoms with Gasteiger partial charge >= 0.3 is 0 Å². The predicted octanol–water partition coefficient (Wildman–Crippen LogP) is 1.12. The van der Waals surface area contributed by atoms with Crippen LogP contribution in [0, 0.1) is 11.3 Å². The van der Waals surface area contributed by atoms with Crippen LogP contribution in [0.15, 0.2) is 30.7 Å². The highest BCUT2D eigenvalue weighted by Gasteiger charge is 2.31. The van der Waals surface area contributed by atoms with Crippen LogP contribution in [0.1, 0.15) is 30.0 Å². The van der Waals surface area contributed by atoms with Crippen molar-refractivity contribution in [1.29, 1.82) is 5.26 Å². The summed E-state index contributed by atoms with van der Waals surface area (Å²) in [4.78, 5) is 16.0. The first-order valence-corrected chi connectivity index (χ1v) is 7.07. The van der Waals surface area contributed by atoms with E-state index in [0.29, 0.717) is 24.2 Å². The fraction of sp³-hybridized carbons (Fsp3) is 0.333. The van der Waals surface area contributed by atoms with Gasteiger partial charge < -0.3 is 10.6 Å². The van der Waals surface area contributed by atoms with Crippen LogP contribution in [0.2, 0.25) is 0 Å². The van der Waals surface area contributed by atoms with E-state index in [1.807, 2.05) is 13.2 Å². The Morgan fingerprint density at radius 1 is 1.55 bits per heavy atom. The molecule has 0 aliphatic carbocycles. The predicted molar refractivity (Wildman–Crippen MR) is 79.7 cm³/mol. The summed E-state index contributed by atoms with van der Waals surface area (Å²) in [7, 11) is 1.84. The monoisotopic (exact) mass is 296 g/mol. The molecule has 2 N–H and O–H groups in total. The van der Waals surface area contributed by atoms with Crippen LogP contribution in [-0.4, -0.2) is 26.7 Å². The number of pyridine rings is 1. The van der Waals surface area contributed by atoms with Gasteiger partial charge in [0.1, 0.15) is 11.9 Å². The summed E-state index contributed by atoms with van der Waals surface area (Å²) in [6.45, 7) is 0. The number of piperidine rings is 1. The molecule has 1 amide bonds. The Morgan fingerprint density at radius 2 is 2.41 bits per heavy atom. The van der Waals surface area contributed by atoms with E-state index < -0.39 is 0 Å². The fourth-order valence-corrected chi connectivity index (χ4v) is 2.66. The Bertz CT molecular complexity index is 732. The Labute approximate surface area is 128 Å². The minimum Gasteiger partial charge on any atom is -0.364 e. The Hall–Kier alpha value is -2.88. The van der Waals surface area contributed by atoms with E-state index in [1.54, 1.807) is 29.2 Å². The molecule has 3 heterocycles. The number of rotatable bonds is 3. The summed E-state index contributed by atoms with van der Waals surface area (Å²) < 4.78 is 1.70. The van der Waals surface area contributed by atoms with Gasteiger partial charge in [0.25, 0.3) is 0 Å². The average molecular weight is 296 g/mol. The number of anilines is 1. The zero-order valence-corrected chi connectivity index (χ0v) is 12.2. The highest BCUT2D eigenvalue weighted by Crippen LogP contribution is 2.27. The summed E-state index contributed by atoms with van der Waals surface area (Å²) in [5.74, 6) is 0.563. The molecule has 2 aromatic heterocycles. The molecule has 0 radical (unpaired) electrons. The van der Waals surface area contributed by atoms with Crippen LogP contribution in [0.5, 0.6) is 0 Å².